The van der Waals surface area contributed by atoms with Crippen molar-refractivity contribution in [2.45, 2.75) is 12.5 Å². The Kier molecular flexibility index (Phi) is 5.43. The van der Waals surface area contributed by atoms with Crippen LogP contribution in [0.2, 0.25) is 0 Å². The van der Waals surface area contributed by atoms with Crippen molar-refractivity contribution >= 4 is 24.1 Å². The maximum Gasteiger partial charge on any atom is 0.341 e. The minimum absolute atomic E-state index is 0.0730. The molecule has 2 aliphatic rings. The van der Waals surface area contributed by atoms with E-state index in [0.717, 1.165) is 5.56 Å². The van der Waals surface area contributed by atoms with Crippen LogP contribution in [0.1, 0.15) is 28.4 Å². The average molecular weight is 445 g/mol. The van der Waals surface area contributed by atoms with Crippen molar-refractivity contribution in [2.75, 3.05) is 31.1 Å². The molecule has 4 heterocycles. The average Bonchev–Trinajstić information content (AvgIpc) is 3.55. The van der Waals surface area contributed by atoms with E-state index in [2.05, 4.69) is 20.2 Å². The van der Waals surface area contributed by atoms with Crippen LogP contribution in [0.15, 0.2) is 60.1 Å². The zero-order valence-electron chi connectivity index (χ0n) is 17.9. The van der Waals surface area contributed by atoms with Gasteiger partial charge in [-0.25, -0.2) is 19.5 Å². The number of hydrogen-bond acceptors (Lipinski definition) is 7. The van der Waals surface area contributed by atoms with E-state index in [1.807, 2.05) is 40.1 Å². The first kappa shape index (κ1) is 20.6. The number of benzene rings is 1. The SMILES string of the molecule is NC(=O)c1cnn(-c2ccnc(N3CCN(C(=O)N4N=CCC4c4ccccc4)CC3)n2)c1. The van der Waals surface area contributed by atoms with E-state index >= 15 is 0 Å². The molecule has 1 fully saturated rings. The van der Waals surface area contributed by atoms with Crippen molar-refractivity contribution in [3.63, 3.8) is 0 Å². The second kappa shape index (κ2) is 8.69. The predicted molar refractivity (Wildman–Crippen MR) is 121 cm³/mol. The van der Waals surface area contributed by atoms with E-state index in [-0.39, 0.29) is 12.1 Å². The summed E-state index contributed by atoms with van der Waals surface area (Å²) in [5, 5.41) is 10.1. The molecule has 1 atom stereocenters. The lowest BCUT2D eigenvalue weighted by Crippen LogP contribution is -2.52. The molecule has 5 rings (SSSR count). The predicted octanol–water partition coefficient (Wildman–Crippen LogP) is 1.44. The molecule has 0 radical (unpaired) electrons. The molecule has 0 bridgehead atoms. The zero-order chi connectivity index (χ0) is 22.8. The maximum absolute atomic E-state index is 13.2. The number of aromatic nitrogens is 4. The Bertz CT molecular complexity index is 1190. The van der Waals surface area contributed by atoms with Crippen LogP contribution in [0.5, 0.6) is 0 Å². The van der Waals surface area contributed by atoms with Crippen molar-refractivity contribution in [1.82, 2.24) is 29.7 Å². The van der Waals surface area contributed by atoms with Gasteiger partial charge in [0.05, 0.1) is 17.8 Å². The van der Waals surface area contributed by atoms with E-state index < -0.39 is 5.91 Å². The molecule has 0 aliphatic carbocycles. The zero-order valence-corrected chi connectivity index (χ0v) is 17.9. The first-order chi connectivity index (χ1) is 16.1. The van der Waals surface area contributed by atoms with Gasteiger partial charge in [0, 0.05) is 57.3 Å². The molecular weight excluding hydrogens is 422 g/mol. The summed E-state index contributed by atoms with van der Waals surface area (Å²) in [6.45, 7) is 2.25. The van der Waals surface area contributed by atoms with E-state index in [4.69, 9.17) is 5.73 Å². The molecule has 1 unspecified atom stereocenters. The number of nitrogens with two attached hydrogens (primary N) is 1. The number of hydrogen-bond donors (Lipinski definition) is 1. The number of carbonyl (C=O) groups excluding carboxylic acids is 2. The van der Waals surface area contributed by atoms with E-state index in [9.17, 15) is 9.59 Å². The van der Waals surface area contributed by atoms with Gasteiger partial charge in [0.1, 0.15) is 0 Å². The Morgan fingerprint density at radius 3 is 2.55 bits per heavy atom. The summed E-state index contributed by atoms with van der Waals surface area (Å²) in [6.07, 6.45) is 7.08. The number of primary amides is 1. The molecular formula is C22H23N9O2. The summed E-state index contributed by atoms with van der Waals surface area (Å²) >= 11 is 0. The molecule has 11 heteroatoms. The monoisotopic (exact) mass is 445 g/mol. The van der Waals surface area contributed by atoms with Crippen LogP contribution >= 0.6 is 0 Å². The smallest absolute Gasteiger partial charge is 0.341 e. The Morgan fingerprint density at radius 2 is 1.82 bits per heavy atom. The summed E-state index contributed by atoms with van der Waals surface area (Å²) in [4.78, 5) is 37.3. The summed E-state index contributed by atoms with van der Waals surface area (Å²) < 4.78 is 1.49. The number of urea groups is 1. The number of piperazine rings is 1. The second-order valence-electron chi connectivity index (χ2n) is 7.81. The minimum atomic E-state index is -0.548. The third-order valence-electron chi connectivity index (χ3n) is 5.77. The molecule has 3 amide bonds. The third kappa shape index (κ3) is 4.12. The van der Waals surface area contributed by atoms with Crippen LogP contribution < -0.4 is 10.6 Å². The molecule has 11 nitrogen and oxygen atoms in total. The van der Waals surface area contributed by atoms with Crippen LogP contribution in [-0.2, 0) is 0 Å². The lowest BCUT2D eigenvalue weighted by Gasteiger charge is -2.37. The molecule has 0 saturated carbocycles. The molecule has 3 aromatic rings. The number of nitrogens with zero attached hydrogens (tertiary/aromatic N) is 8. The standard InChI is InChI=1S/C22H23N9O2/c23-20(32)17-14-26-30(15-17)19-7-8-24-21(27-19)28-10-12-29(13-11-28)22(33)31-18(6-9-25-31)16-4-2-1-3-5-16/h1-5,7-9,14-15,18H,6,10-13H2,(H2,23,32). The quantitative estimate of drug-likeness (QED) is 0.648. The van der Waals surface area contributed by atoms with Crippen LogP contribution in [-0.4, -0.2) is 74.0 Å². The normalized spacial score (nSPS) is 18.1. The highest BCUT2D eigenvalue weighted by Crippen LogP contribution is 2.29. The van der Waals surface area contributed by atoms with Gasteiger partial charge in [0.25, 0.3) is 5.91 Å². The van der Waals surface area contributed by atoms with Gasteiger partial charge in [-0.1, -0.05) is 30.3 Å². The van der Waals surface area contributed by atoms with Crippen LogP contribution in [0.25, 0.3) is 5.82 Å². The lowest BCUT2D eigenvalue weighted by atomic mass is 10.1. The van der Waals surface area contributed by atoms with Crippen LogP contribution in [0.4, 0.5) is 10.7 Å². The molecule has 33 heavy (non-hydrogen) atoms. The second-order valence-corrected chi connectivity index (χ2v) is 7.81. The number of hydrazone groups is 1. The summed E-state index contributed by atoms with van der Waals surface area (Å²) in [6, 6.07) is 11.5. The fourth-order valence-electron chi connectivity index (χ4n) is 3.99. The van der Waals surface area contributed by atoms with Crippen molar-refractivity contribution in [1.29, 1.82) is 0 Å². The van der Waals surface area contributed by atoms with E-state index in [1.165, 1.54) is 17.1 Å². The van der Waals surface area contributed by atoms with Gasteiger partial charge in [-0.3, -0.25) is 4.79 Å². The molecule has 1 saturated heterocycles. The van der Waals surface area contributed by atoms with E-state index in [0.29, 0.717) is 49.9 Å². The van der Waals surface area contributed by atoms with E-state index in [1.54, 1.807) is 23.5 Å². The molecule has 168 valence electrons. The van der Waals surface area contributed by atoms with Crippen molar-refractivity contribution in [2.24, 2.45) is 10.8 Å². The highest BCUT2D eigenvalue weighted by atomic mass is 16.2. The Labute approximate surface area is 190 Å². The Hall–Kier alpha value is -4.28. The summed E-state index contributed by atoms with van der Waals surface area (Å²) in [5.41, 5.74) is 6.68. The molecule has 1 aromatic carbocycles. The summed E-state index contributed by atoms with van der Waals surface area (Å²) in [5.74, 6) is 0.522. The molecule has 2 aliphatic heterocycles. The van der Waals surface area contributed by atoms with Gasteiger partial charge in [-0.15, -0.1) is 0 Å². The fraction of sp³-hybridized carbons (Fsp3) is 0.273. The topological polar surface area (TPSA) is 126 Å². The highest BCUT2D eigenvalue weighted by Gasteiger charge is 2.33. The number of carbonyl (C=O) groups is 2. The van der Waals surface area contributed by atoms with Gasteiger partial charge < -0.3 is 15.5 Å². The molecule has 2 N–H and O–H groups in total. The van der Waals surface area contributed by atoms with Gasteiger partial charge in [0.15, 0.2) is 5.82 Å². The maximum atomic E-state index is 13.2. The number of rotatable bonds is 4. The molecule has 2 aromatic heterocycles. The fourth-order valence-corrected chi connectivity index (χ4v) is 3.99. The first-order valence-electron chi connectivity index (χ1n) is 10.7. The first-order valence-corrected chi connectivity index (χ1v) is 10.7. The van der Waals surface area contributed by atoms with Crippen LogP contribution in [0.3, 0.4) is 0 Å². The van der Waals surface area contributed by atoms with Gasteiger partial charge >= 0.3 is 6.03 Å². The highest BCUT2D eigenvalue weighted by molar-refractivity contribution is 5.92. The summed E-state index contributed by atoms with van der Waals surface area (Å²) in [7, 11) is 0. The third-order valence-corrected chi connectivity index (χ3v) is 5.77. The Balaban J connectivity index is 1.24. The Morgan fingerprint density at radius 1 is 1.03 bits per heavy atom. The number of amides is 3. The van der Waals surface area contributed by atoms with Gasteiger partial charge in [-0.2, -0.15) is 15.2 Å². The molecule has 0 spiro atoms. The van der Waals surface area contributed by atoms with Gasteiger partial charge in [-0.05, 0) is 5.56 Å². The largest absolute Gasteiger partial charge is 0.366 e. The van der Waals surface area contributed by atoms with Crippen molar-refractivity contribution < 1.29 is 9.59 Å². The van der Waals surface area contributed by atoms with Crippen molar-refractivity contribution in [3.8, 4) is 5.82 Å². The van der Waals surface area contributed by atoms with Crippen LogP contribution in [0, 0.1) is 0 Å². The lowest BCUT2D eigenvalue weighted by molar-refractivity contribution is 0.1000. The minimum Gasteiger partial charge on any atom is -0.366 e. The van der Waals surface area contributed by atoms with Gasteiger partial charge in [0.2, 0.25) is 5.95 Å². The number of anilines is 1. The van der Waals surface area contributed by atoms with Crippen molar-refractivity contribution in [3.05, 3.63) is 66.1 Å².